The predicted octanol–water partition coefficient (Wildman–Crippen LogP) is 4.62. The number of hydrogen-bond donors (Lipinski definition) is 1. The lowest BCUT2D eigenvalue weighted by molar-refractivity contribution is -0.139. The van der Waals surface area contributed by atoms with Crippen molar-refractivity contribution in [3.05, 3.63) is 64.7 Å². The first-order valence-corrected chi connectivity index (χ1v) is 10.5. The third-order valence-corrected chi connectivity index (χ3v) is 5.56. The van der Waals surface area contributed by atoms with Crippen molar-refractivity contribution in [2.75, 3.05) is 20.8 Å². The van der Waals surface area contributed by atoms with Crippen molar-refractivity contribution < 1.29 is 24.2 Å². The molecule has 2 aromatic rings. The Morgan fingerprint density at radius 2 is 1.77 bits per heavy atom. The molecule has 1 heterocycles. The summed E-state index contributed by atoms with van der Waals surface area (Å²) in [6, 6.07) is 12.0. The van der Waals surface area contributed by atoms with Gasteiger partial charge in [-0.2, -0.15) is 0 Å². The molecule has 0 bridgehead atoms. The van der Waals surface area contributed by atoms with E-state index in [9.17, 15) is 14.7 Å². The van der Waals surface area contributed by atoms with Crippen molar-refractivity contribution in [3.63, 3.8) is 0 Å². The normalized spacial score (nSPS) is 17.8. The lowest BCUT2D eigenvalue weighted by Gasteiger charge is -2.25. The molecule has 164 valence electrons. The predicted molar refractivity (Wildman–Crippen MR) is 119 cm³/mol. The number of carbonyl (C=O) groups excluding carboxylic acids is 2. The van der Waals surface area contributed by atoms with Gasteiger partial charge in [-0.25, -0.2) is 0 Å². The number of aliphatic hydroxyl groups is 1. The average molecular weight is 424 g/mol. The molecule has 0 radical (unpaired) electrons. The number of likely N-dealkylation sites (tertiary alicyclic amines) is 1. The van der Waals surface area contributed by atoms with Gasteiger partial charge in [-0.1, -0.05) is 49.6 Å². The van der Waals surface area contributed by atoms with Gasteiger partial charge in [-0.05, 0) is 37.1 Å². The molecule has 6 nitrogen and oxygen atoms in total. The molecule has 3 rings (SSSR count). The number of aryl methyl sites for hydroxylation is 1. The molecule has 1 unspecified atom stereocenters. The Hall–Kier alpha value is -3.28. The molecule has 0 spiro atoms. The Morgan fingerprint density at radius 3 is 2.42 bits per heavy atom. The monoisotopic (exact) mass is 423 g/mol. The van der Waals surface area contributed by atoms with E-state index in [1.165, 1.54) is 14.2 Å². The fourth-order valence-electron chi connectivity index (χ4n) is 3.97. The largest absolute Gasteiger partial charge is 0.507 e. The van der Waals surface area contributed by atoms with Gasteiger partial charge >= 0.3 is 0 Å². The molecule has 1 saturated heterocycles. The van der Waals surface area contributed by atoms with Crippen LogP contribution < -0.4 is 9.47 Å². The molecule has 1 fully saturated rings. The Morgan fingerprint density at radius 1 is 1.03 bits per heavy atom. The Balaban J connectivity index is 2.15. The number of nitrogens with zero attached hydrogens (tertiary/aromatic N) is 1. The van der Waals surface area contributed by atoms with Crippen LogP contribution in [0.5, 0.6) is 11.5 Å². The highest BCUT2D eigenvalue weighted by molar-refractivity contribution is 6.46. The number of hydrogen-bond acceptors (Lipinski definition) is 5. The van der Waals surface area contributed by atoms with Crippen molar-refractivity contribution in [2.45, 2.75) is 39.2 Å². The number of amides is 1. The quantitative estimate of drug-likeness (QED) is 0.290. The Bertz CT molecular complexity index is 1010. The molecular formula is C25H29NO5. The van der Waals surface area contributed by atoms with Gasteiger partial charge in [0.1, 0.15) is 5.76 Å². The number of Topliss-reactive ketones (excluding diaryl/α,β-unsaturated/α-hetero) is 1. The summed E-state index contributed by atoms with van der Waals surface area (Å²) in [4.78, 5) is 27.6. The van der Waals surface area contributed by atoms with E-state index in [1.807, 2.05) is 31.2 Å². The first-order chi connectivity index (χ1) is 14.9. The fraction of sp³-hybridized carbons (Fsp3) is 0.360. The smallest absolute Gasteiger partial charge is 0.295 e. The number of ketones is 1. The molecule has 0 aromatic heterocycles. The third kappa shape index (κ3) is 4.43. The second-order valence-corrected chi connectivity index (χ2v) is 7.68. The van der Waals surface area contributed by atoms with E-state index in [2.05, 4.69) is 6.92 Å². The number of unbranched alkanes of at least 4 members (excludes halogenated alkanes) is 2. The van der Waals surface area contributed by atoms with Crippen molar-refractivity contribution in [1.82, 2.24) is 4.90 Å². The van der Waals surface area contributed by atoms with Crippen LogP contribution in [0.25, 0.3) is 5.76 Å². The lowest BCUT2D eigenvalue weighted by atomic mass is 9.94. The van der Waals surface area contributed by atoms with Gasteiger partial charge < -0.3 is 19.5 Å². The SMILES string of the molecule is CCCCCN1C(=O)C(=O)/C(=C(\O)c2ccc(OC)c(OC)c2)C1c1cccc(C)c1. The summed E-state index contributed by atoms with van der Waals surface area (Å²) in [5, 5.41) is 11.2. The van der Waals surface area contributed by atoms with Gasteiger partial charge in [0.2, 0.25) is 0 Å². The third-order valence-electron chi connectivity index (χ3n) is 5.56. The fourth-order valence-corrected chi connectivity index (χ4v) is 3.97. The minimum Gasteiger partial charge on any atom is -0.507 e. The minimum atomic E-state index is -0.671. The van der Waals surface area contributed by atoms with Crippen LogP contribution in [0.2, 0.25) is 0 Å². The molecule has 1 aliphatic heterocycles. The lowest BCUT2D eigenvalue weighted by Crippen LogP contribution is -2.30. The van der Waals surface area contributed by atoms with E-state index >= 15 is 0 Å². The molecular weight excluding hydrogens is 394 g/mol. The van der Waals surface area contributed by atoms with Gasteiger partial charge in [0.05, 0.1) is 25.8 Å². The maximum absolute atomic E-state index is 13.0. The first kappa shape index (κ1) is 22.4. The van der Waals surface area contributed by atoms with Crippen LogP contribution in [-0.4, -0.2) is 42.5 Å². The van der Waals surface area contributed by atoms with E-state index in [4.69, 9.17) is 9.47 Å². The zero-order valence-electron chi connectivity index (χ0n) is 18.5. The number of ether oxygens (including phenoxy) is 2. The van der Waals surface area contributed by atoms with E-state index in [-0.39, 0.29) is 11.3 Å². The van der Waals surface area contributed by atoms with Gasteiger partial charge in [0.15, 0.2) is 11.5 Å². The molecule has 1 atom stereocenters. The maximum atomic E-state index is 13.0. The summed E-state index contributed by atoms with van der Waals surface area (Å²) in [6.07, 6.45) is 2.76. The van der Waals surface area contributed by atoms with Gasteiger partial charge in [0, 0.05) is 12.1 Å². The zero-order chi connectivity index (χ0) is 22.5. The van der Waals surface area contributed by atoms with Crippen LogP contribution in [0, 0.1) is 6.92 Å². The van der Waals surface area contributed by atoms with Crippen LogP contribution in [0.3, 0.4) is 0 Å². The molecule has 0 aliphatic carbocycles. The molecule has 0 saturated carbocycles. The minimum absolute atomic E-state index is 0.0966. The number of benzene rings is 2. The summed E-state index contributed by atoms with van der Waals surface area (Å²) < 4.78 is 10.6. The number of carbonyl (C=O) groups is 2. The van der Waals surface area contributed by atoms with Crippen molar-refractivity contribution >= 4 is 17.4 Å². The molecule has 1 aliphatic rings. The van der Waals surface area contributed by atoms with E-state index < -0.39 is 17.7 Å². The van der Waals surface area contributed by atoms with E-state index in [0.29, 0.717) is 23.6 Å². The molecule has 1 amide bonds. The van der Waals surface area contributed by atoms with E-state index in [1.54, 1.807) is 23.1 Å². The highest BCUT2D eigenvalue weighted by Gasteiger charge is 2.45. The number of rotatable bonds is 8. The molecule has 1 N–H and O–H groups in total. The summed E-state index contributed by atoms with van der Waals surface area (Å²) in [5.74, 6) is -0.533. The first-order valence-electron chi connectivity index (χ1n) is 10.5. The van der Waals surface area contributed by atoms with Crippen molar-refractivity contribution in [3.8, 4) is 11.5 Å². The maximum Gasteiger partial charge on any atom is 0.295 e. The standard InChI is InChI=1S/C25H29NO5/c1-5-6-7-13-26-22(17-10-8-9-16(2)14-17)21(24(28)25(26)29)23(27)18-11-12-19(30-3)20(15-18)31-4/h8-12,14-15,22,27H,5-7,13H2,1-4H3/b23-21-. The van der Waals surface area contributed by atoms with Gasteiger partial charge in [0.25, 0.3) is 11.7 Å². The van der Waals surface area contributed by atoms with Crippen LogP contribution >= 0.6 is 0 Å². The Kier molecular flexibility index (Phi) is 7.00. The highest BCUT2D eigenvalue weighted by atomic mass is 16.5. The summed E-state index contributed by atoms with van der Waals surface area (Å²) in [7, 11) is 3.03. The summed E-state index contributed by atoms with van der Waals surface area (Å²) in [6.45, 7) is 4.50. The second kappa shape index (κ2) is 9.69. The van der Waals surface area contributed by atoms with Crippen molar-refractivity contribution in [2.24, 2.45) is 0 Å². The average Bonchev–Trinajstić information content (AvgIpc) is 3.03. The number of aliphatic hydroxyl groups excluding tert-OH is 1. The van der Waals surface area contributed by atoms with Crippen molar-refractivity contribution in [1.29, 1.82) is 0 Å². The second-order valence-electron chi connectivity index (χ2n) is 7.68. The topological polar surface area (TPSA) is 76.1 Å². The Labute approximate surface area is 183 Å². The van der Waals surface area contributed by atoms with Crippen LogP contribution in [-0.2, 0) is 9.59 Å². The molecule has 31 heavy (non-hydrogen) atoms. The van der Waals surface area contributed by atoms with Crippen LogP contribution in [0.1, 0.15) is 48.9 Å². The summed E-state index contributed by atoms with van der Waals surface area (Å²) >= 11 is 0. The van der Waals surface area contributed by atoms with Crippen LogP contribution in [0.4, 0.5) is 0 Å². The highest BCUT2D eigenvalue weighted by Crippen LogP contribution is 2.41. The molecule has 6 heteroatoms. The van der Waals surface area contributed by atoms with Crippen LogP contribution in [0.15, 0.2) is 48.0 Å². The summed E-state index contributed by atoms with van der Waals surface area (Å²) in [5.41, 5.74) is 2.31. The van der Waals surface area contributed by atoms with E-state index in [0.717, 1.165) is 30.4 Å². The number of methoxy groups -OCH3 is 2. The zero-order valence-corrected chi connectivity index (χ0v) is 18.5. The van der Waals surface area contributed by atoms with Gasteiger partial charge in [-0.3, -0.25) is 9.59 Å². The van der Waals surface area contributed by atoms with Gasteiger partial charge in [-0.15, -0.1) is 0 Å². The molecule has 2 aromatic carbocycles.